The Kier molecular flexibility index (Phi) is 6.42. The zero-order valence-corrected chi connectivity index (χ0v) is 17.3. The smallest absolute Gasteiger partial charge is 0.258 e. The van der Waals surface area contributed by atoms with Crippen molar-refractivity contribution < 1.29 is 14.3 Å². The summed E-state index contributed by atoms with van der Waals surface area (Å²) < 4.78 is 13.0. The second-order valence-corrected chi connectivity index (χ2v) is 7.01. The Balaban J connectivity index is 1.27. The van der Waals surface area contributed by atoms with E-state index in [2.05, 4.69) is 22.2 Å². The fourth-order valence-electron chi connectivity index (χ4n) is 3.06. The number of carbonyl (C=O) groups is 1. The molecular formula is C24H24N4O3. The van der Waals surface area contributed by atoms with Crippen molar-refractivity contribution in [1.29, 1.82) is 0 Å². The molecule has 7 nitrogen and oxygen atoms in total. The number of nitrogens with one attached hydrogen (secondary N) is 1. The number of fused-ring (bicyclic) bond motifs is 1. The fourth-order valence-corrected chi connectivity index (χ4v) is 3.06. The first-order valence-electron chi connectivity index (χ1n) is 10.2. The molecule has 0 radical (unpaired) electrons. The summed E-state index contributed by atoms with van der Waals surface area (Å²) in [4.78, 5) is 21.0. The predicted molar refractivity (Wildman–Crippen MR) is 118 cm³/mol. The number of pyridine rings is 1. The van der Waals surface area contributed by atoms with Crippen LogP contribution in [0.25, 0.3) is 16.9 Å². The first kappa shape index (κ1) is 20.4. The Morgan fingerprint density at radius 2 is 1.74 bits per heavy atom. The average molecular weight is 416 g/mol. The summed E-state index contributed by atoms with van der Waals surface area (Å²) in [6, 6.07) is 19.0. The molecule has 2 aromatic heterocycles. The van der Waals surface area contributed by atoms with Gasteiger partial charge in [-0.15, -0.1) is 0 Å². The van der Waals surface area contributed by atoms with E-state index >= 15 is 0 Å². The number of ether oxygens (including phenoxy) is 2. The Bertz CT molecular complexity index is 1140. The minimum absolute atomic E-state index is 0.0539. The van der Waals surface area contributed by atoms with E-state index < -0.39 is 0 Å². The third-order valence-corrected chi connectivity index (χ3v) is 4.67. The Morgan fingerprint density at radius 3 is 2.48 bits per heavy atom. The molecule has 0 saturated heterocycles. The zero-order chi connectivity index (χ0) is 21.5. The van der Waals surface area contributed by atoms with Crippen molar-refractivity contribution in [2.45, 2.75) is 19.9 Å². The van der Waals surface area contributed by atoms with Crippen molar-refractivity contribution in [1.82, 2.24) is 19.9 Å². The van der Waals surface area contributed by atoms with Crippen LogP contribution in [0, 0.1) is 0 Å². The molecule has 0 aliphatic carbocycles. The first-order chi connectivity index (χ1) is 15.2. The molecule has 0 fully saturated rings. The molecule has 4 aromatic rings. The zero-order valence-electron chi connectivity index (χ0n) is 17.3. The minimum atomic E-state index is -0.198. The molecule has 0 aliphatic heterocycles. The summed E-state index contributed by atoms with van der Waals surface area (Å²) >= 11 is 0. The number of carbonyl (C=O) groups excluding carboxylic acids is 1. The van der Waals surface area contributed by atoms with E-state index in [1.54, 1.807) is 24.7 Å². The largest absolute Gasteiger partial charge is 0.494 e. The van der Waals surface area contributed by atoms with Crippen LogP contribution in [-0.2, 0) is 11.3 Å². The first-order valence-corrected chi connectivity index (χ1v) is 10.2. The van der Waals surface area contributed by atoms with Gasteiger partial charge in [-0.1, -0.05) is 25.1 Å². The minimum Gasteiger partial charge on any atom is -0.494 e. The molecule has 1 N–H and O–H groups in total. The van der Waals surface area contributed by atoms with Gasteiger partial charge in [-0.25, -0.2) is 9.97 Å². The average Bonchev–Trinajstić information content (AvgIpc) is 3.25. The van der Waals surface area contributed by atoms with Gasteiger partial charge in [0.25, 0.3) is 5.91 Å². The Labute approximate surface area is 180 Å². The lowest BCUT2D eigenvalue weighted by Crippen LogP contribution is -2.28. The molecule has 4 rings (SSSR count). The van der Waals surface area contributed by atoms with E-state index in [9.17, 15) is 4.79 Å². The van der Waals surface area contributed by atoms with Crippen LogP contribution in [0.5, 0.6) is 11.5 Å². The fraction of sp³-hybridized carbons (Fsp3) is 0.208. The monoisotopic (exact) mass is 416 g/mol. The topological polar surface area (TPSA) is 78.3 Å². The van der Waals surface area contributed by atoms with Gasteiger partial charge < -0.3 is 14.8 Å². The van der Waals surface area contributed by atoms with Crippen LogP contribution in [0.2, 0.25) is 0 Å². The van der Waals surface area contributed by atoms with Gasteiger partial charge in [0, 0.05) is 12.7 Å². The van der Waals surface area contributed by atoms with Crippen molar-refractivity contribution >= 4 is 16.9 Å². The van der Waals surface area contributed by atoms with Crippen LogP contribution in [0.3, 0.4) is 0 Å². The molecule has 0 bridgehead atoms. The van der Waals surface area contributed by atoms with Crippen LogP contribution in [0.15, 0.2) is 73.2 Å². The normalized spacial score (nSPS) is 10.7. The van der Waals surface area contributed by atoms with Gasteiger partial charge in [-0.3, -0.25) is 9.36 Å². The van der Waals surface area contributed by atoms with E-state index in [1.165, 1.54) is 0 Å². The van der Waals surface area contributed by atoms with Crippen molar-refractivity contribution in [2.75, 3.05) is 13.2 Å². The summed E-state index contributed by atoms with van der Waals surface area (Å²) in [6.07, 6.45) is 4.46. The van der Waals surface area contributed by atoms with Crippen LogP contribution in [0.1, 0.15) is 18.9 Å². The van der Waals surface area contributed by atoms with E-state index in [0.29, 0.717) is 18.9 Å². The molecule has 7 heteroatoms. The van der Waals surface area contributed by atoms with Crippen molar-refractivity contribution in [3.63, 3.8) is 0 Å². The highest BCUT2D eigenvalue weighted by Gasteiger charge is 2.07. The van der Waals surface area contributed by atoms with Gasteiger partial charge in [0.15, 0.2) is 6.61 Å². The van der Waals surface area contributed by atoms with Gasteiger partial charge in [0.05, 0.1) is 17.6 Å². The third-order valence-electron chi connectivity index (χ3n) is 4.67. The highest BCUT2D eigenvalue weighted by atomic mass is 16.5. The second kappa shape index (κ2) is 9.75. The Morgan fingerprint density at radius 1 is 0.968 bits per heavy atom. The van der Waals surface area contributed by atoms with Crippen molar-refractivity contribution in [3.05, 3.63) is 78.8 Å². The van der Waals surface area contributed by atoms with E-state index in [0.717, 1.165) is 34.6 Å². The van der Waals surface area contributed by atoms with E-state index in [1.807, 2.05) is 53.1 Å². The quantitative estimate of drug-likeness (QED) is 0.448. The van der Waals surface area contributed by atoms with Gasteiger partial charge in [-0.05, 0) is 54.4 Å². The molecule has 0 spiro atoms. The van der Waals surface area contributed by atoms with Gasteiger partial charge >= 0.3 is 0 Å². The summed E-state index contributed by atoms with van der Waals surface area (Å²) in [5, 5.41) is 2.84. The lowest BCUT2D eigenvalue weighted by Gasteiger charge is -2.09. The van der Waals surface area contributed by atoms with Crippen LogP contribution < -0.4 is 14.8 Å². The maximum Gasteiger partial charge on any atom is 0.258 e. The number of aromatic nitrogens is 3. The third kappa shape index (κ3) is 5.19. The van der Waals surface area contributed by atoms with E-state index in [-0.39, 0.29) is 12.5 Å². The number of nitrogens with zero attached hydrogens (tertiary/aromatic N) is 3. The summed E-state index contributed by atoms with van der Waals surface area (Å²) in [5.41, 5.74) is 2.82. The van der Waals surface area contributed by atoms with Crippen LogP contribution in [0.4, 0.5) is 0 Å². The molecule has 2 aromatic carbocycles. The van der Waals surface area contributed by atoms with Gasteiger partial charge in [0.2, 0.25) is 0 Å². The number of rotatable bonds is 9. The van der Waals surface area contributed by atoms with E-state index in [4.69, 9.17) is 9.47 Å². The number of para-hydroxylation sites is 2. The lowest BCUT2D eigenvalue weighted by molar-refractivity contribution is -0.123. The maximum atomic E-state index is 12.1. The summed E-state index contributed by atoms with van der Waals surface area (Å²) in [6.45, 7) is 3.06. The highest BCUT2D eigenvalue weighted by molar-refractivity contribution is 5.77. The number of hydrogen-bond donors (Lipinski definition) is 1. The molecule has 2 heterocycles. The van der Waals surface area contributed by atoms with Crippen LogP contribution in [-0.4, -0.2) is 33.7 Å². The van der Waals surface area contributed by atoms with Gasteiger partial charge in [-0.2, -0.15) is 0 Å². The number of amides is 1. The molecule has 1 amide bonds. The molecule has 0 unspecified atom stereocenters. The van der Waals surface area contributed by atoms with Crippen LogP contribution >= 0.6 is 0 Å². The summed E-state index contributed by atoms with van der Waals surface area (Å²) in [5.74, 6) is 1.99. The molecule has 31 heavy (non-hydrogen) atoms. The number of benzene rings is 2. The maximum absolute atomic E-state index is 12.1. The van der Waals surface area contributed by atoms with Gasteiger partial charge in [0.1, 0.15) is 23.6 Å². The molecule has 0 saturated carbocycles. The number of imidazole rings is 1. The number of hydrogen-bond acceptors (Lipinski definition) is 5. The second-order valence-electron chi connectivity index (χ2n) is 7.01. The predicted octanol–water partition coefficient (Wildman–Crippen LogP) is 3.90. The Hall–Kier alpha value is -3.87. The highest BCUT2D eigenvalue weighted by Crippen LogP contribution is 2.18. The molecule has 0 atom stereocenters. The SMILES string of the molecule is CCCOc1ccc(OCC(=O)NCc2ccc(-n3cnc4ccccc43)nc2)cc1. The molecule has 0 aliphatic rings. The lowest BCUT2D eigenvalue weighted by atomic mass is 10.2. The standard InChI is InChI=1S/C24H24N4O3/c1-2-13-30-19-8-10-20(11-9-19)31-16-24(29)26-15-18-7-12-23(25-14-18)28-17-27-21-5-3-4-6-22(21)28/h3-12,14,17H,2,13,15-16H2,1H3,(H,26,29). The summed E-state index contributed by atoms with van der Waals surface area (Å²) in [7, 11) is 0. The molecular weight excluding hydrogens is 392 g/mol. The van der Waals surface area contributed by atoms with Crippen molar-refractivity contribution in [3.8, 4) is 17.3 Å². The molecule has 158 valence electrons. The van der Waals surface area contributed by atoms with Crippen molar-refractivity contribution in [2.24, 2.45) is 0 Å².